The molecule has 0 radical (unpaired) electrons. The minimum absolute atomic E-state index is 0.350. The van der Waals surface area contributed by atoms with E-state index in [4.69, 9.17) is 19.6 Å². The lowest BCUT2D eigenvalue weighted by atomic mass is 10.2. The number of hydrogen-bond donors (Lipinski definition) is 2. The van der Waals surface area contributed by atoms with Gasteiger partial charge in [-0.1, -0.05) is 0 Å². The first-order chi connectivity index (χ1) is 15.6. The highest BCUT2D eigenvalue weighted by Gasteiger charge is 2.21. The Hall–Kier alpha value is -3.63. The Morgan fingerprint density at radius 1 is 1.06 bits per heavy atom. The van der Waals surface area contributed by atoms with E-state index in [9.17, 15) is 4.79 Å². The summed E-state index contributed by atoms with van der Waals surface area (Å²) in [4.78, 5) is 28.9. The molecular formula is C21H27N7O4. The fraction of sp³-hybridized carbons (Fsp3) is 0.476. The Bertz CT molecular complexity index is 938. The van der Waals surface area contributed by atoms with Crippen LogP contribution in [0.1, 0.15) is 31.2 Å². The fourth-order valence-corrected chi connectivity index (χ4v) is 3.71. The van der Waals surface area contributed by atoms with Crippen molar-refractivity contribution in [1.82, 2.24) is 15.0 Å². The third kappa shape index (κ3) is 5.34. The van der Waals surface area contributed by atoms with E-state index in [1.54, 1.807) is 24.4 Å². The van der Waals surface area contributed by atoms with Crippen LogP contribution in [0.5, 0.6) is 11.5 Å². The maximum absolute atomic E-state index is 10.7. The molecule has 2 aromatic rings. The van der Waals surface area contributed by atoms with Crippen LogP contribution < -0.4 is 24.7 Å². The fourth-order valence-electron chi connectivity index (χ4n) is 3.71. The monoisotopic (exact) mass is 441 g/mol. The average Bonchev–Trinajstić information content (AvgIpc) is 3.52. The van der Waals surface area contributed by atoms with E-state index < -0.39 is 12.6 Å². The zero-order valence-electron chi connectivity index (χ0n) is 18.0. The third-order valence-corrected chi connectivity index (χ3v) is 5.31. The summed E-state index contributed by atoms with van der Waals surface area (Å²) >= 11 is 0. The summed E-state index contributed by atoms with van der Waals surface area (Å²) in [5, 5.41) is 13.0. The molecule has 1 aromatic carbocycles. The number of nitrogens with one attached hydrogen (secondary N) is 1. The predicted molar refractivity (Wildman–Crippen MR) is 120 cm³/mol. The molecule has 4 rings (SSSR count). The van der Waals surface area contributed by atoms with Crippen molar-refractivity contribution < 1.29 is 19.4 Å². The first-order valence-corrected chi connectivity index (χ1v) is 10.7. The van der Waals surface area contributed by atoms with Gasteiger partial charge in [0.25, 0.3) is 0 Å². The molecule has 2 aliphatic heterocycles. The van der Waals surface area contributed by atoms with Gasteiger partial charge in [0.1, 0.15) is 0 Å². The van der Waals surface area contributed by atoms with Crippen LogP contribution in [0.15, 0.2) is 23.3 Å². The molecule has 0 amide bonds. The van der Waals surface area contributed by atoms with Crippen LogP contribution in [0.25, 0.3) is 0 Å². The molecule has 11 heteroatoms. The number of hydrogen-bond acceptors (Lipinski definition) is 10. The first kappa shape index (κ1) is 21.6. The van der Waals surface area contributed by atoms with Gasteiger partial charge in [-0.15, -0.1) is 0 Å². The Morgan fingerprint density at radius 2 is 1.69 bits per heavy atom. The lowest BCUT2D eigenvalue weighted by molar-refractivity contribution is -0.139. The largest absolute Gasteiger partial charge is 0.493 e. The second-order valence-corrected chi connectivity index (χ2v) is 7.61. The summed E-state index contributed by atoms with van der Waals surface area (Å²) in [5.74, 6) is 1.47. The van der Waals surface area contributed by atoms with Gasteiger partial charge in [0.05, 0.1) is 13.3 Å². The zero-order chi connectivity index (χ0) is 22.3. The standard InChI is InChI=1S/C21H27N7O4/c1-31-17-12-15(6-7-16(17)32-14-18(29)30)13-22-26-19-23-20(27-8-2-3-9-27)25-21(24-19)28-10-4-5-11-28/h6-7,12-13H,2-5,8-11,14H2,1H3,(H,29,30)(H,23,24,25,26). The van der Waals surface area contributed by atoms with Gasteiger partial charge in [-0.05, 0) is 49.4 Å². The molecular weight excluding hydrogens is 414 g/mol. The summed E-state index contributed by atoms with van der Waals surface area (Å²) in [6.45, 7) is 3.35. The van der Waals surface area contributed by atoms with Gasteiger partial charge in [0.2, 0.25) is 17.8 Å². The third-order valence-electron chi connectivity index (χ3n) is 5.31. The first-order valence-electron chi connectivity index (χ1n) is 10.7. The normalized spacial score (nSPS) is 16.0. The number of carbonyl (C=O) groups is 1. The van der Waals surface area contributed by atoms with Gasteiger partial charge in [-0.2, -0.15) is 20.1 Å². The number of ether oxygens (including phenoxy) is 2. The van der Waals surface area contributed by atoms with Crippen LogP contribution in [-0.4, -0.2) is 72.1 Å². The molecule has 0 saturated carbocycles. The number of hydrazone groups is 1. The SMILES string of the molecule is COc1cc(C=NNc2nc(N3CCCC3)nc(N3CCCC3)n2)ccc1OCC(=O)O. The zero-order valence-corrected chi connectivity index (χ0v) is 18.0. The van der Waals surface area contributed by atoms with E-state index >= 15 is 0 Å². The second-order valence-electron chi connectivity index (χ2n) is 7.61. The summed E-state index contributed by atoms with van der Waals surface area (Å²) in [6.07, 6.45) is 6.16. The number of nitrogens with zero attached hydrogens (tertiary/aromatic N) is 6. The van der Waals surface area contributed by atoms with Crippen LogP contribution in [0.4, 0.5) is 17.8 Å². The number of benzene rings is 1. The van der Waals surface area contributed by atoms with E-state index in [1.807, 2.05) is 0 Å². The highest BCUT2D eigenvalue weighted by molar-refractivity contribution is 5.81. The van der Waals surface area contributed by atoms with Crippen molar-refractivity contribution >= 4 is 30.0 Å². The van der Waals surface area contributed by atoms with Crippen LogP contribution >= 0.6 is 0 Å². The molecule has 32 heavy (non-hydrogen) atoms. The molecule has 0 atom stereocenters. The van der Waals surface area contributed by atoms with Gasteiger partial charge < -0.3 is 24.4 Å². The van der Waals surface area contributed by atoms with Crippen LogP contribution in [0.3, 0.4) is 0 Å². The topological polar surface area (TPSA) is 125 Å². The van der Waals surface area contributed by atoms with Crippen molar-refractivity contribution in [3.8, 4) is 11.5 Å². The van der Waals surface area contributed by atoms with Crippen molar-refractivity contribution in [2.24, 2.45) is 5.10 Å². The van der Waals surface area contributed by atoms with Crippen LogP contribution in [0, 0.1) is 0 Å². The average molecular weight is 441 g/mol. The molecule has 2 fully saturated rings. The Labute approximate surface area is 186 Å². The smallest absolute Gasteiger partial charge is 0.341 e. The van der Waals surface area contributed by atoms with E-state index in [-0.39, 0.29) is 0 Å². The van der Waals surface area contributed by atoms with Crippen LogP contribution in [0.2, 0.25) is 0 Å². The molecule has 3 heterocycles. The van der Waals surface area contributed by atoms with Crippen molar-refractivity contribution in [2.45, 2.75) is 25.7 Å². The summed E-state index contributed by atoms with van der Waals surface area (Å²) in [7, 11) is 1.49. The van der Waals surface area contributed by atoms with Gasteiger partial charge in [0.15, 0.2) is 18.1 Å². The van der Waals surface area contributed by atoms with E-state index in [0.717, 1.165) is 57.4 Å². The van der Waals surface area contributed by atoms with Gasteiger partial charge in [0, 0.05) is 26.2 Å². The Morgan fingerprint density at radius 3 is 2.25 bits per heavy atom. The summed E-state index contributed by atoms with van der Waals surface area (Å²) in [6, 6.07) is 5.10. The maximum Gasteiger partial charge on any atom is 0.341 e. The Balaban J connectivity index is 1.49. The number of carboxylic acid groups (broad SMARTS) is 1. The Kier molecular flexibility index (Phi) is 6.83. The van der Waals surface area contributed by atoms with Crippen molar-refractivity contribution in [3.05, 3.63) is 23.8 Å². The molecule has 2 aliphatic rings. The number of rotatable bonds is 9. The highest BCUT2D eigenvalue weighted by Crippen LogP contribution is 2.27. The van der Waals surface area contributed by atoms with E-state index in [1.165, 1.54) is 7.11 Å². The molecule has 2 N–H and O–H groups in total. The molecule has 11 nitrogen and oxygen atoms in total. The summed E-state index contributed by atoms with van der Waals surface area (Å²) < 4.78 is 10.5. The van der Waals surface area contributed by atoms with Crippen molar-refractivity contribution in [1.29, 1.82) is 0 Å². The molecule has 0 bridgehead atoms. The lowest BCUT2D eigenvalue weighted by Crippen LogP contribution is -2.25. The molecule has 0 unspecified atom stereocenters. The lowest BCUT2D eigenvalue weighted by Gasteiger charge is -2.20. The second kappa shape index (κ2) is 10.1. The molecule has 170 valence electrons. The number of aromatic nitrogens is 3. The minimum atomic E-state index is -1.05. The molecule has 1 aromatic heterocycles. The molecule has 2 saturated heterocycles. The minimum Gasteiger partial charge on any atom is -0.493 e. The van der Waals surface area contributed by atoms with Gasteiger partial charge in [-0.3, -0.25) is 0 Å². The number of carboxylic acids is 1. The predicted octanol–water partition coefficient (Wildman–Crippen LogP) is 1.99. The molecule has 0 spiro atoms. The van der Waals surface area contributed by atoms with Crippen molar-refractivity contribution in [2.75, 3.05) is 55.1 Å². The quantitative estimate of drug-likeness (QED) is 0.441. The van der Waals surface area contributed by atoms with E-state index in [2.05, 4.69) is 30.3 Å². The van der Waals surface area contributed by atoms with E-state index in [0.29, 0.717) is 29.3 Å². The summed E-state index contributed by atoms with van der Waals surface area (Å²) in [5.41, 5.74) is 3.66. The highest BCUT2D eigenvalue weighted by atomic mass is 16.5. The number of anilines is 3. The molecule has 0 aliphatic carbocycles. The van der Waals surface area contributed by atoms with Gasteiger partial charge in [-0.25, -0.2) is 10.2 Å². The number of methoxy groups -OCH3 is 1. The van der Waals surface area contributed by atoms with Gasteiger partial charge >= 0.3 is 5.97 Å². The van der Waals surface area contributed by atoms with Crippen molar-refractivity contribution in [3.63, 3.8) is 0 Å². The van der Waals surface area contributed by atoms with Crippen LogP contribution in [-0.2, 0) is 4.79 Å². The number of aliphatic carboxylic acids is 1. The maximum atomic E-state index is 10.7.